The lowest BCUT2D eigenvalue weighted by Gasteiger charge is -2.31. The zero-order valence-corrected chi connectivity index (χ0v) is 20.6. The van der Waals surface area contributed by atoms with Gasteiger partial charge < -0.3 is 24.2 Å². The van der Waals surface area contributed by atoms with Crippen LogP contribution in [0.4, 0.5) is 10.5 Å². The molecule has 0 aromatic heterocycles. The number of hydrogen-bond donors (Lipinski definition) is 1. The normalized spacial score (nSPS) is 22.8. The first-order valence-corrected chi connectivity index (χ1v) is 13.5. The summed E-state index contributed by atoms with van der Waals surface area (Å²) in [6.45, 7) is 4.52. The Balaban J connectivity index is 1.55. The van der Waals surface area contributed by atoms with Crippen molar-refractivity contribution in [2.24, 2.45) is 0 Å². The average Bonchev–Trinajstić information content (AvgIpc) is 3.46. The number of ether oxygens (including phenoxy) is 3. The van der Waals surface area contributed by atoms with Crippen LogP contribution >= 0.6 is 21.6 Å². The lowest BCUT2D eigenvalue weighted by Crippen LogP contribution is -2.51. The highest BCUT2D eigenvalue weighted by Gasteiger charge is 2.46. The second-order valence-corrected chi connectivity index (χ2v) is 11.2. The quantitative estimate of drug-likeness (QED) is 0.345. The summed E-state index contributed by atoms with van der Waals surface area (Å²) in [4.78, 5) is 29.3. The summed E-state index contributed by atoms with van der Waals surface area (Å²) in [7, 11) is 6.52. The second-order valence-electron chi connectivity index (χ2n) is 8.40. The molecule has 180 valence electrons. The van der Waals surface area contributed by atoms with E-state index in [1.807, 2.05) is 10.8 Å². The Kier molecular flexibility index (Phi) is 7.65. The number of fused-ring (bicyclic) bond motifs is 2. The molecule has 0 bridgehead atoms. The van der Waals surface area contributed by atoms with E-state index >= 15 is 0 Å². The molecule has 1 saturated carbocycles. The monoisotopic (exact) mass is 494 g/mol. The second kappa shape index (κ2) is 10.5. The third-order valence-corrected chi connectivity index (χ3v) is 9.19. The summed E-state index contributed by atoms with van der Waals surface area (Å²) in [5, 5.41) is 11.9. The Morgan fingerprint density at radius 2 is 1.91 bits per heavy atom. The van der Waals surface area contributed by atoms with Crippen molar-refractivity contribution in [3.8, 4) is 11.5 Å². The lowest BCUT2D eigenvalue weighted by atomic mass is 10.1. The first-order valence-electron chi connectivity index (χ1n) is 11.1. The lowest BCUT2D eigenvalue weighted by molar-refractivity contribution is 0.0493. The molecule has 2 fully saturated rings. The van der Waals surface area contributed by atoms with Crippen LogP contribution in [0.5, 0.6) is 11.5 Å². The van der Waals surface area contributed by atoms with Crippen LogP contribution < -0.4 is 14.4 Å². The molecule has 1 saturated heterocycles. The molecule has 1 aromatic rings. The van der Waals surface area contributed by atoms with Crippen LogP contribution in [0.25, 0.3) is 0 Å². The Hall–Kier alpha value is -2.04. The first kappa shape index (κ1) is 24.1. The van der Waals surface area contributed by atoms with Gasteiger partial charge in [-0.2, -0.15) is 0 Å². The van der Waals surface area contributed by atoms with E-state index in [0.717, 1.165) is 10.5 Å². The minimum absolute atomic E-state index is 0.212. The number of nitrogens with zero attached hydrogens (tertiary/aromatic N) is 2. The van der Waals surface area contributed by atoms with Gasteiger partial charge in [-0.1, -0.05) is 46.6 Å². The molecule has 4 rings (SSSR count). The van der Waals surface area contributed by atoms with Crippen LogP contribution in [0.3, 0.4) is 0 Å². The number of methoxy groups -OCH3 is 2. The van der Waals surface area contributed by atoms with Crippen molar-refractivity contribution in [3.63, 3.8) is 0 Å². The Bertz CT molecular complexity index is 920. The Labute approximate surface area is 202 Å². The summed E-state index contributed by atoms with van der Waals surface area (Å²) in [6.07, 6.45) is 3.50. The molecule has 33 heavy (non-hydrogen) atoms. The van der Waals surface area contributed by atoms with Crippen molar-refractivity contribution < 1.29 is 28.9 Å². The molecule has 3 aliphatic rings. The summed E-state index contributed by atoms with van der Waals surface area (Å²) in [6, 6.07) is 2.48. The van der Waals surface area contributed by atoms with Crippen LogP contribution in [0, 0.1) is 0 Å². The number of benzene rings is 1. The third kappa shape index (κ3) is 4.93. The number of amides is 2. The van der Waals surface area contributed by atoms with Gasteiger partial charge in [0.25, 0.3) is 5.91 Å². The molecular formula is C23H30N2O6S2. The van der Waals surface area contributed by atoms with Gasteiger partial charge in [0, 0.05) is 23.6 Å². The van der Waals surface area contributed by atoms with Gasteiger partial charge in [0.15, 0.2) is 17.7 Å². The smallest absolute Gasteiger partial charge is 0.416 e. The highest BCUT2D eigenvalue weighted by Crippen LogP contribution is 2.42. The van der Waals surface area contributed by atoms with Crippen molar-refractivity contribution in [1.29, 1.82) is 0 Å². The van der Waals surface area contributed by atoms with Gasteiger partial charge >= 0.3 is 6.09 Å². The van der Waals surface area contributed by atoms with Crippen LogP contribution in [-0.2, 0) is 4.74 Å². The van der Waals surface area contributed by atoms with E-state index in [2.05, 4.69) is 6.58 Å². The van der Waals surface area contributed by atoms with Crippen molar-refractivity contribution >= 4 is 39.3 Å². The SMILES string of the molecule is C=C1C[C@H]2C(O)N(C(=O)OCCSSC3CCCC3)c3cc(OC)c(OC)cc3C(=O)N2C1. The zero-order valence-electron chi connectivity index (χ0n) is 19.0. The summed E-state index contributed by atoms with van der Waals surface area (Å²) in [5.74, 6) is 1.07. The topological polar surface area (TPSA) is 88.5 Å². The van der Waals surface area contributed by atoms with E-state index in [1.54, 1.807) is 21.8 Å². The molecule has 2 heterocycles. The number of carbonyl (C=O) groups excluding carboxylic acids is 2. The van der Waals surface area contributed by atoms with Crippen LogP contribution in [-0.4, -0.2) is 72.7 Å². The molecule has 2 atom stereocenters. The maximum atomic E-state index is 13.4. The third-order valence-electron chi connectivity index (χ3n) is 6.25. The predicted molar refractivity (Wildman–Crippen MR) is 130 cm³/mol. The molecule has 1 unspecified atom stereocenters. The number of hydrogen-bond acceptors (Lipinski definition) is 8. The van der Waals surface area contributed by atoms with Crippen LogP contribution in [0.15, 0.2) is 24.3 Å². The van der Waals surface area contributed by atoms with Crippen LogP contribution in [0.1, 0.15) is 42.5 Å². The number of aliphatic hydroxyl groups excluding tert-OH is 1. The van der Waals surface area contributed by atoms with Crippen molar-refractivity contribution in [3.05, 3.63) is 29.8 Å². The molecule has 2 aliphatic heterocycles. The maximum Gasteiger partial charge on any atom is 0.416 e. The predicted octanol–water partition coefficient (Wildman–Crippen LogP) is 4.07. The molecule has 0 radical (unpaired) electrons. The highest BCUT2D eigenvalue weighted by atomic mass is 33.1. The minimum atomic E-state index is -1.28. The minimum Gasteiger partial charge on any atom is -0.493 e. The van der Waals surface area contributed by atoms with E-state index in [4.69, 9.17) is 14.2 Å². The zero-order chi connectivity index (χ0) is 23.5. The summed E-state index contributed by atoms with van der Waals surface area (Å²) >= 11 is 0. The van der Waals surface area contributed by atoms with Gasteiger partial charge in [0.2, 0.25) is 0 Å². The molecule has 1 N–H and O–H groups in total. The standard InChI is InChI=1S/C23H30N2O6S2/c1-14-10-18-22(27)25(23(28)31-8-9-32-33-15-6-4-5-7-15)17-12-20(30-3)19(29-2)11-16(17)21(26)24(18)13-14/h11-12,15,18,22,27H,1,4-10,13H2,2-3H3/t18-,22?/m0/s1. The number of aliphatic hydroxyl groups is 1. The van der Waals surface area contributed by atoms with E-state index in [9.17, 15) is 14.7 Å². The van der Waals surface area contributed by atoms with Crippen LogP contribution in [0.2, 0.25) is 0 Å². The van der Waals surface area contributed by atoms with Gasteiger partial charge in [-0.25, -0.2) is 9.69 Å². The summed E-state index contributed by atoms with van der Waals surface area (Å²) < 4.78 is 16.3. The van der Waals surface area contributed by atoms with E-state index < -0.39 is 18.4 Å². The molecule has 10 heteroatoms. The van der Waals surface area contributed by atoms with Crippen molar-refractivity contribution in [2.45, 2.75) is 49.6 Å². The van der Waals surface area contributed by atoms with Gasteiger partial charge in [0.1, 0.15) is 6.61 Å². The fourth-order valence-corrected chi connectivity index (χ4v) is 7.21. The Morgan fingerprint density at radius 1 is 1.21 bits per heavy atom. The largest absolute Gasteiger partial charge is 0.493 e. The molecule has 8 nitrogen and oxygen atoms in total. The fourth-order valence-electron chi connectivity index (χ4n) is 4.59. The first-order chi connectivity index (χ1) is 15.9. The van der Waals surface area contributed by atoms with Gasteiger partial charge in [-0.05, 0) is 25.3 Å². The van der Waals surface area contributed by atoms with E-state index in [0.29, 0.717) is 35.5 Å². The molecule has 1 aromatic carbocycles. The maximum absolute atomic E-state index is 13.4. The van der Waals surface area contributed by atoms with E-state index in [-0.39, 0.29) is 23.8 Å². The number of carbonyl (C=O) groups is 2. The van der Waals surface area contributed by atoms with E-state index in [1.165, 1.54) is 46.0 Å². The average molecular weight is 495 g/mol. The fraction of sp³-hybridized carbons (Fsp3) is 0.565. The molecule has 2 amide bonds. The Morgan fingerprint density at radius 3 is 2.61 bits per heavy atom. The highest BCUT2D eigenvalue weighted by molar-refractivity contribution is 8.76. The molecule has 1 aliphatic carbocycles. The van der Waals surface area contributed by atoms with Crippen molar-refractivity contribution in [1.82, 2.24) is 4.90 Å². The van der Waals surface area contributed by atoms with Crippen molar-refractivity contribution in [2.75, 3.05) is 38.0 Å². The molecule has 0 spiro atoms. The number of anilines is 1. The van der Waals surface area contributed by atoms with Gasteiger partial charge in [-0.15, -0.1) is 0 Å². The molecular weight excluding hydrogens is 464 g/mol. The summed E-state index contributed by atoms with van der Waals surface area (Å²) in [5.41, 5.74) is 1.31. The van der Waals surface area contributed by atoms with Gasteiger partial charge in [-0.3, -0.25) is 4.79 Å². The van der Waals surface area contributed by atoms with Gasteiger partial charge in [0.05, 0.1) is 31.5 Å². The number of rotatable bonds is 7.